The van der Waals surface area contributed by atoms with Crippen LogP contribution in [0.15, 0.2) is 0 Å². The maximum absolute atomic E-state index is 9.19. The second kappa shape index (κ2) is 5.47. The zero-order valence-electron chi connectivity index (χ0n) is 7.10. The lowest BCUT2D eigenvalue weighted by Gasteiger charge is -2.18. The first-order valence-electron chi connectivity index (χ1n) is 3.76. The van der Waals surface area contributed by atoms with Crippen molar-refractivity contribution >= 4 is 10.1 Å². The molecule has 5 nitrogen and oxygen atoms in total. The quantitative estimate of drug-likeness (QED) is 0.548. The molecule has 0 unspecified atom stereocenters. The SMILES string of the molecule is CS(=O)(=O)O.ON1CCCCC1. The van der Waals surface area contributed by atoms with Gasteiger partial charge in [-0.25, -0.2) is 0 Å². The molecule has 0 aromatic rings. The fraction of sp³-hybridized carbons (Fsp3) is 1.00. The predicted octanol–water partition coefficient (Wildman–Crippen LogP) is 0.366. The second-order valence-electron chi connectivity index (χ2n) is 2.75. The Hall–Kier alpha value is -0.170. The standard InChI is InChI=1S/C5H11NO.CH4O3S/c7-6-4-2-1-3-5-6;1-5(2,3)4/h7H,1-5H2;1H3,(H,2,3,4). The highest BCUT2D eigenvalue weighted by Crippen LogP contribution is 2.04. The van der Waals surface area contributed by atoms with Gasteiger partial charge in [0.2, 0.25) is 0 Å². The van der Waals surface area contributed by atoms with Gasteiger partial charge in [-0.15, -0.1) is 0 Å². The summed E-state index contributed by atoms with van der Waals surface area (Å²) in [6, 6.07) is 0. The van der Waals surface area contributed by atoms with Crippen LogP contribution in [0.25, 0.3) is 0 Å². The zero-order valence-corrected chi connectivity index (χ0v) is 7.92. The van der Waals surface area contributed by atoms with Crippen molar-refractivity contribution in [3.63, 3.8) is 0 Å². The smallest absolute Gasteiger partial charge is 0.261 e. The summed E-state index contributed by atoms with van der Waals surface area (Å²) in [7, 11) is -3.67. The first-order chi connectivity index (χ1) is 5.39. The molecule has 0 spiro atoms. The number of rotatable bonds is 0. The van der Waals surface area contributed by atoms with Crippen molar-refractivity contribution in [2.45, 2.75) is 19.3 Å². The van der Waals surface area contributed by atoms with E-state index in [2.05, 4.69) is 0 Å². The zero-order chi connectivity index (χ0) is 9.61. The third kappa shape index (κ3) is 12.5. The van der Waals surface area contributed by atoms with Gasteiger partial charge in [-0.1, -0.05) is 6.42 Å². The van der Waals surface area contributed by atoms with Gasteiger partial charge in [0.1, 0.15) is 0 Å². The Kier molecular flexibility index (Phi) is 5.39. The third-order valence-corrected chi connectivity index (χ3v) is 1.33. The van der Waals surface area contributed by atoms with E-state index < -0.39 is 10.1 Å². The number of hydroxylamine groups is 2. The summed E-state index contributed by atoms with van der Waals surface area (Å²) in [6.07, 6.45) is 4.33. The van der Waals surface area contributed by atoms with E-state index >= 15 is 0 Å². The van der Waals surface area contributed by atoms with Crippen molar-refractivity contribution in [2.24, 2.45) is 0 Å². The Labute approximate surface area is 72.7 Å². The molecule has 0 saturated carbocycles. The van der Waals surface area contributed by atoms with Gasteiger partial charge >= 0.3 is 0 Å². The van der Waals surface area contributed by atoms with Crippen LogP contribution in [0.1, 0.15) is 19.3 Å². The second-order valence-corrected chi connectivity index (χ2v) is 4.21. The molecule has 0 amide bonds. The molecular formula is C6H15NO4S. The minimum atomic E-state index is -3.67. The third-order valence-electron chi connectivity index (χ3n) is 1.33. The Bertz CT molecular complexity index is 188. The number of piperidine rings is 1. The van der Waals surface area contributed by atoms with Gasteiger partial charge in [-0.05, 0) is 12.8 Å². The van der Waals surface area contributed by atoms with Crippen molar-refractivity contribution in [3.8, 4) is 0 Å². The van der Waals surface area contributed by atoms with Gasteiger partial charge in [0.25, 0.3) is 10.1 Å². The van der Waals surface area contributed by atoms with E-state index in [-0.39, 0.29) is 0 Å². The lowest BCUT2D eigenvalue weighted by atomic mass is 10.2. The summed E-state index contributed by atoms with van der Waals surface area (Å²) < 4.78 is 25.9. The molecule has 0 aromatic carbocycles. The van der Waals surface area contributed by atoms with E-state index in [9.17, 15) is 8.42 Å². The molecule has 6 heteroatoms. The molecule has 0 radical (unpaired) electrons. The van der Waals surface area contributed by atoms with Crippen molar-refractivity contribution in [1.82, 2.24) is 5.06 Å². The molecule has 0 aromatic heterocycles. The Balaban J connectivity index is 0.000000217. The minimum absolute atomic E-state index is 0.715. The number of hydrogen-bond acceptors (Lipinski definition) is 4. The van der Waals surface area contributed by atoms with E-state index in [1.165, 1.54) is 11.5 Å². The van der Waals surface area contributed by atoms with E-state index in [0.29, 0.717) is 6.26 Å². The number of hydrogen-bond donors (Lipinski definition) is 2. The summed E-state index contributed by atoms with van der Waals surface area (Å²) in [5, 5.41) is 10.1. The fourth-order valence-electron chi connectivity index (χ4n) is 0.877. The van der Waals surface area contributed by atoms with Crippen LogP contribution in [0.4, 0.5) is 0 Å². The molecule has 1 saturated heterocycles. The van der Waals surface area contributed by atoms with E-state index in [1.54, 1.807) is 0 Å². The molecule has 0 aliphatic carbocycles. The molecule has 1 rings (SSSR count). The average Bonchev–Trinajstić information content (AvgIpc) is 1.85. The summed E-state index contributed by atoms with van der Waals surface area (Å²) in [5.41, 5.74) is 0. The monoisotopic (exact) mass is 197 g/mol. The van der Waals surface area contributed by atoms with Crippen LogP contribution in [0.2, 0.25) is 0 Å². The maximum Gasteiger partial charge on any atom is 0.261 e. The summed E-state index contributed by atoms with van der Waals surface area (Å²) in [6.45, 7) is 1.75. The van der Waals surface area contributed by atoms with Gasteiger partial charge in [0.15, 0.2) is 0 Å². The Morgan fingerprint density at radius 1 is 1.17 bits per heavy atom. The minimum Gasteiger partial charge on any atom is -0.314 e. The van der Waals surface area contributed by atoms with E-state index in [1.807, 2.05) is 0 Å². The van der Waals surface area contributed by atoms with Crippen LogP contribution in [0.5, 0.6) is 0 Å². The first-order valence-corrected chi connectivity index (χ1v) is 5.60. The van der Waals surface area contributed by atoms with Gasteiger partial charge in [-0.3, -0.25) is 4.55 Å². The molecule has 1 aliphatic rings. The van der Waals surface area contributed by atoms with Crippen LogP contribution >= 0.6 is 0 Å². The summed E-state index contributed by atoms with van der Waals surface area (Å²) in [5.74, 6) is 0. The lowest BCUT2D eigenvalue weighted by Crippen LogP contribution is -2.25. The Morgan fingerprint density at radius 3 is 1.67 bits per heavy atom. The Morgan fingerprint density at radius 2 is 1.50 bits per heavy atom. The van der Waals surface area contributed by atoms with Crippen LogP contribution in [0, 0.1) is 0 Å². The van der Waals surface area contributed by atoms with Gasteiger partial charge < -0.3 is 5.21 Å². The molecule has 74 valence electrons. The largest absolute Gasteiger partial charge is 0.314 e. The fourth-order valence-corrected chi connectivity index (χ4v) is 0.877. The van der Waals surface area contributed by atoms with Crippen molar-refractivity contribution < 1.29 is 18.2 Å². The normalized spacial score (nSPS) is 19.6. The molecule has 12 heavy (non-hydrogen) atoms. The van der Waals surface area contributed by atoms with Crippen molar-refractivity contribution in [3.05, 3.63) is 0 Å². The molecule has 0 atom stereocenters. The molecule has 0 bridgehead atoms. The van der Waals surface area contributed by atoms with Crippen LogP contribution in [-0.4, -0.2) is 42.6 Å². The van der Waals surface area contributed by atoms with Crippen LogP contribution < -0.4 is 0 Å². The van der Waals surface area contributed by atoms with Gasteiger partial charge in [0, 0.05) is 13.1 Å². The molecule has 1 aliphatic heterocycles. The van der Waals surface area contributed by atoms with Crippen LogP contribution in [0.3, 0.4) is 0 Å². The average molecular weight is 197 g/mol. The highest BCUT2D eigenvalue weighted by atomic mass is 32.2. The molecule has 1 heterocycles. The molecule has 2 N–H and O–H groups in total. The highest BCUT2D eigenvalue weighted by molar-refractivity contribution is 7.85. The van der Waals surface area contributed by atoms with Gasteiger partial charge in [0.05, 0.1) is 6.26 Å². The topological polar surface area (TPSA) is 77.8 Å². The van der Waals surface area contributed by atoms with E-state index in [0.717, 1.165) is 25.9 Å². The summed E-state index contributed by atoms with van der Waals surface area (Å²) in [4.78, 5) is 0. The summed E-state index contributed by atoms with van der Waals surface area (Å²) >= 11 is 0. The molecule has 1 fully saturated rings. The maximum atomic E-state index is 9.19. The highest BCUT2D eigenvalue weighted by Gasteiger charge is 2.04. The van der Waals surface area contributed by atoms with Gasteiger partial charge in [-0.2, -0.15) is 13.5 Å². The predicted molar refractivity (Wildman–Crippen MR) is 44.7 cm³/mol. The van der Waals surface area contributed by atoms with E-state index in [4.69, 9.17) is 9.76 Å². The lowest BCUT2D eigenvalue weighted by molar-refractivity contribution is -0.103. The van der Waals surface area contributed by atoms with Crippen molar-refractivity contribution in [1.29, 1.82) is 0 Å². The molecular weight excluding hydrogens is 182 g/mol. The van der Waals surface area contributed by atoms with Crippen LogP contribution in [-0.2, 0) is 10.1 Å². The van der Waals surface area contributed by atoms with Crippen molar-refractivity contribution in [2.75, 3.05) is 19.3 Å². The first kappa shape index (κ1) is 11.8. The number of nitrogens with zero attached hydrogens (tertiary/aromatic N) is 1.